The quantitative estimate of drug-likeness (QED) is 0.295. The Labute approximate surface area is 205 Å². The van der Waals surface area contributed by atoms with Crippen LogP contribution in [0, 0.1) is 46.3 Å². The predicted octanol–water partition coefficient (Wildman–Crippen LogP) is 6.64. The van der Waals surface area contributed by atoms with Crippen LogP contribution in [0.1, 0.15) is 91.9 Å². The molecule has 2 heterocycles. The molecule has 2 saturated carbocycles. The van der Waals surface area contributed by atoms with Crippen molar-refractivity contribution in [1.29, 1.82) is 0 Å². The smallest absolute Gasteiger partial charge is 0.309 e. The Bertz CT molecular complexity index is 782. The van der Waals surface area contributed by atoms with Crippen molar-refractivity contribution in [2.45, 2.75) is 104 Å². The van der Waals surface area contributed by atoms with Gasteiger partial charge in [0.25, 0.3) is 0 Å². The molecule has 3 aliphatic carbocycles. The summed E-state index contributed by atoms with van der Waals surface area (Å²) in [5.41, 5.74) is 0.104. The lowest BCUT2D eigenvalue weighted by atomic mass is 9.80. The highest BCUT2D eigenvalue weighted by molar-refractivity contribution is 5.76. The van der Waals surface area contributed by atoms with Crippen LogP contribution in [0.4, 0.5) is 0 Å². The standard InChI is InChI=1S/C30H44O4/c1-29(2)17-19-13-9-5-7-12-16-22-24-20(18-30(3,4)26(24)34-28(22)32)14-10-6-8-11-15-21-23(19)25(29)33-27(21)31/h9-10,13-14,19-26H,5-8,11-12,15-18H2,1-4H3/b13-9-,14-10-/t19-,20-,21+,22+,23?,24?,25?,26?/m1/s1. The first-order valence-electron chi connectivity index (χ1n) is 13.9. The number of allylic oxidation sites excluding steroid dienone is 4. The number of rotatable bonds is 0. The Balaban J connectivity index is 1.32. The highest BCUT2D eigenvalue weighted by atomic mass is 16.6. The largest absolute Gasteiger partial charge is 0.461 e. The van der Waals surface area contributed by atoms with Crippen LogP contribution < -0.4 is 0 Å². The molecule has 0 spiro atoms. The van der Waals surface area contributed by atoms with Gasteiger partial charge < -0.3 is 9.47 Å². The number of ether oxygens (including phenoxy) is 2. The van der Waals surface area contributed by atoms with Crippen LogP contribution in [0.2, 0.25) is 0 Å². The summed E-state index contributed by atoms with van der Waals surface area (Å²) < 4.78 is 11.9. The summed E-state index contributed by atoms with van der Waals surface area (Å²) in [4.78, 5) is 25.6. The van der Waals surface area contributed by atoms with E-state index < -0.39 is 0 Å². The van der Waals surface area contributed by atoms with Gasteiger partial charge in [-0.1, -0.05) is 64.8 Å². The van der Waals surface area contributed by atoms with Gasteiger partial charge in [0, 0.05) is 22.7 Å². The molecule has 188 valence electrons. The van der Waals surface area contributed by atoms with E-state index in [2.05, 4.69) is 52.0 Å². The zero-order chi connectivity index (χ0) is 24.1. The van der Waals surface area contributed by atoms with E-state index >= 15 is 0 Å². The Hall–Kier alpha value is -1.58. The molecule has 0 N–H and O–H groups in total. The van der Waals surface area contributed by atoms with Crippen LogP contribution in [-0.2, 0) is 19.1 Å². The maximum absolute atomic E-state index is 12.8. The van der Waals surface area contributed by atoms with Crippen LogP contribution in [0.3, 0.4) is 0 Å². The second-order valence-corrected chi connectivity index (χ2v) is 13.2. The van der Waals surface area contributed by atoms with Crippen molar-refractivity contribution in [3.05, 3.63) is 24.3 Å². The van der Waals surface area contributed by atoms with E-state index in [-0.39, 0.29) is 46.8 Å². The topological polar surface area (TPSA) is 52.6 Å². The van der Waals surface area contributed by atoms with E-state index in [1.165, 1.54) is 0 Å². The molecule has 4 unspecified atom stereocenters. The zero-order valence-corrected chi connectivity index (χ0v) is 21.6. The monoisotopic (exact) mass is 468 g/mol. The first-order chi connectivity index (χ1) is 16.2. The Kier molecular flexibility index (Phi) is 6.48. The van der Waals surface area contributed by atoms with Gasteiger partial charge in [0.1, 0.15) is 12.2 Å². The maximum atomic E-state index is 12.8. The number of hydrogen-bond donors (Lipinski definition) is 0. The molecule has 0 aromatic rings. The van der Waals surface area contributed by atoms with Crippen LogP contribution in [0.5, 0.6) is 0 Å². The summed E-state index contributed by atoms with van der Waals surface area (Å²) >= 11 is 0. The fourth-order valence-corrected chi connectivity index (χ4v) is 8.25. The van der Waals surface area contributed by atoms with Crippen LogP contribution in [-0.4, -0.2) is 24.1 Å². The molecule has 0 radical (unpaired) electrons. The normalized spacial score (nSPS) is 45.4. The highest BCUT2D eigenvalue weighted by Crippen LogP contribution is 2.56. The van der Waals surface area contributed by atoms with Gasteiger partial charge in [-0.15, -0.1) is 0 Å². The third kappa shape index (κ3) is 4.28. The molecule has 4 nitrogen and oxygen atoms in total. The fourth-order valence-electron chi connectivity index (χ4n) is 8.25. The number of esters is 2. The van der Waals surface area contributed by atoms with E-state index in [1.54, 1.807) is 0 Å². The van der Waals surface area contributed by atoms with Crippen LogP contribution >= 0.6 is 0 Å². The van der Waals surface area contributed by atoms with Gasteiger partial charge in [-0.05, 0) is 63.2 Å². The average molecular weight is 469 g/mol. The summed E-state index contributed by atoms with van der Waals surface area (Å²) in [5.74, 6) is 1.74. The third-order valence-corrected chi connectivity index (χ3v) is 9.81. The molecule has 2 aliphatic heterocycles. The SMILES string of the molecule is CC1(C)C[C@H]2/C=C\CCCC[C@@H]3C(=O)OC4C3[C@H](/C=C\CCCC[C@@H]3C(=O)OC1C23)CC4(C)C. The molecule has 5 aliphatic rings. The lowest BCUT2D eigenvalue weighted by molar-refractivity contribution is -0.148. The molecule has 2 saturated heterocycles. The van der Waals surface area contributed by atoms with Crippen molar-refractivity contribution in [2.75, 3.05) is 0 Å². The zero-order valence-electron chi connectivity index (χ0n) is 21.6. The third-order valence-electron chi connectivity index (χ3n) is 9.81. The van der Waals surface area contributed by atoms with Crippen molar-refractivity contribution in [3.8, 4) is 0 Å². The van der Waals surface area contributed by atoms with Gasteiger partial charge in [0.15, 0.2) is 0 Å². The summed E-state index contributed by atoms with van der Waals surface area (Å²) in [5, 5.41) is 0. The summed E-state index contributed by atoms with van der Waals surface area (Å²) in [6.07, 6.45) is 20.1. The van der Waals surface area contributed by atoms with E-state index in [9.17, 15) is 9.59 Å². The molecule has 5 rings (SSSR count). The fraction of sp³-hybridized carbons (Fsp3) is 0.800. The lowest BCUT2D eigenvalue weighted by Crippen LogP contribution is -2.27. The Morgan fingerprint density at radius 2 is 1.09 bits per heavy atom. The second kappa shape index (κ2) is 9.13. The molecule has 8 atom stereocenters. The minimum Gasteiger partial charge on any atom is -0.461 e. The van der Waals surface area contributed by atoms with Crippen molar-refractivity contribution in [3.63, 3.8) is 0 Å². The van der Waals surface area contributed by atoms with Gasteiger partial charge in [-0.2, -0.15) is 0 Å². The van der Waals surface area contributed by atoms with E-state index in [0.29, 0.717) is 23.7 Å². The first kappa shape index (κ1) is 24.1. The van der Waals surface area contributed by atoms with E-state index in [4.69, 9.17) is 9.47 Å². The lowest BCUT2D eigenvalue weighted by Gasteiger charge is -2.24. The predicted molar refractivity (Wildman–Crippen MR) is 133 cm³/mol. The Morgan fingerprint density at radius 1 is 0.676 bits per heavy atom. The average Bonchev–Trinajstić information content (AvgIpc) is 3.42. The van der Waals surface area contributed by atoms with Crippen LogP contribution in [0.15, 0.2) is 24.3 Å². The maximum Gasteiger partial charge on any atom is 0.309 e. The number of carbonyl (C=O) groups is 2. The number of hydrogen-bond acceptors (Lipinski definition) is 4. The molecule has 0 aromatic carbocycles. The van der Waals surface area contributed by atoms with E-state index in [1.807, 2.05) is 0 Å². The molecular weight excluding hydrogens is 424 g/mol. The van der Waals surface area contributed by atoms with Crippen LogP contribution in [0.25, 0.3) is 0 Å². The first-order valence-corrected chi connectivity index (χ1v) is 13.9. The van der Waals surface area contributed by atoms with Gasteiger partial charge in [0.2, 0.25) is 0 Å². The van der Waals surface area contributed by atoms with Gasteiger partial charge >= 0.3 is 11.9 Å². The molecular formula is C30H44O4. The number of carbonyl (C=O) groups excluding carboxylic acids is 2. The van der Waals surface area contributed by atoms with Gasteiger partial charge in [0.05, 0.1) is 11.8 Å². The summed E-state index contributed by atoms with van der Waals surface area (Å²) in [6.45, 7) is 9.06. The van der Waals surface area contributed by atoms with E-state index in [0.717, 1.165) is 64.2 Å². The minimum atomic E-state index is 0.0438. The molecule has 4 heteroatoms. The minimum absolute atomic E-state index is 0.0438. The second-order valence-electron chi connectivity index (χ2n) is 13.2. The van der Waals surface area contributed by atoms with Crippen molar-refractivity contribution < 1.29 is 19.1 Å². The molecule has 4 fully saturated rings. The summed E-state index contributed by atoms with van der Waals surface area (Å²) in [6, 6.07) is 0. The van der Waals surface area contributed by atoms with Gasteiger partial charge in [-0.3, -0.25) is 9.59 Å². The molecule has 34 heavy (non-hydrogen) atoms. The summed E-state index contributed by atoms with van der Waals surface area (Å²) in [7, 11) is 0. The highest BCUT2D eigenvalue weighted by Gasteiger charge is 2.59. The molecule has 0 aromatic heterocycles. The van der Waals surface area contributed by atoms with Gasteiger partial charge in [-0.25, -0.2) is 0 Å². The van der Waals surface area contributed by atoms with Crippen molar-refractivity contribution in [2.24, 2.45) is 46.3 Å². The van der Waals surface area contributed by atoms with Crippen molar-refractivity contribution in [1.82, 2.24) is 0 Å². The Morgan fingerprint density at radius 3 is 1.50 bits per heavy atom. The molecule has 0 amide bonds. The van der Waals surface area contributed by atoms with Crippen molar-refractivity contribution >= 4 is 11.9 Å². The molecule has 0 bridgehead atoms.